The van der Waals surface area contributed by atoms with Crippen LogP contribution in [0.1, 0.15) is 31.1 Å². The Hall–Kier alpha value is -1.95. The molecule has 20 heavy (non-hydrogen) atoms. The van der Waals surface area contributed by atoms with Gasteiger partial charge < -0.3 is 15.2 Å². The average Bonchev–Trinajstić information content (AvgIpc) is 2.63. The van der Waals surface area contributed by atoms with E-state index in [1.165, 1.54) is 18.3 Å². The fourth-order valence-corrected chi connectivity index (χ4v) is 2.56. The van der Waals surface area contributed by atoms with E-state index in [-0.39, 0.29) is 41.3 Å². The molecule has 1 aliphatic rings. The Kier molecular flexibility index (Phi) is 4.04. The molecule has 0 saturated carbocycles. The molecule has 0 bridgehead atoms. The maximum atomic E-state index is 12.3. The molecule has 1 amide bonds. The molecule has 1 aromatic heterocycles. The summed E-state index contributed by atoms with van der Waals surface area (Å²) in [4.78, 5) is 27.1. The number of nitrogens with zero attached hydrogens (tertiary/aromatic N) is 1. The van der Waals surface area contributed by atoms with Crippen molar-refractivity contribution in [3.63, 3.8) is 0 Å². The number of hydrogen-bond donors (Lipinski definition) is 2. The summed E-state index contributed by atoms with van der Waals surface area (Å²) >= 11 is 0. The molecule has 4 atom stereocenters. The van der Waals surface area contributed by atoms with E-state index < -0.39 is 5.97 Å². The van der Waals surface area contributed by atoms with Crippen LogP contribution in [0.25, 0.3) is 0 Å². The molecule has 0 spiro atoms. The predicted molar refractivity (Wildman–Crippen MR) is 72.5 cm³/mol. The molecule has 1 aliphatic heterocycles. The van der Waals surface area contributed by atoms with Gasteiger partial charge >= 0.3 is 5.97 Å². The van der Waals surface area contributed by atoms with Crippen LogP contribution in [0.3, 0.4) is 0 Å². The van der Waals surface area contributed by atoms with Gasteiger partial charge in [-0.05, 0) is 31.9 Å². The van der Waals surface area contributed by atoms with Gasteiger partial charge in [0, 0.05) is 6.20 Å². The van der Waals surface area contributed by atoms with Crippen molar-refractivity contribution in [2.24, 2.45) is 11.8 Å². The van der Waals surface area contributed by atoms with E-state index in [9.17, 15) is 9.59 Å². The summed E-state index contributed by atoms with van der Waals surface area (Å²) in [6, 6.07) is 2.72. The van der Waals surface area contributed by atoms with Crippen molar-refractivity contribution in [2.75, 3.05) is 5.32 Å². The number of pyridine rings is 1. The fraction of sp³-hybridized carbons (Fsp3) is 0.500. The van der Waals surface area contributed by atoms with E-state index in [4.69, 9.17) is 9.84 Å². The number of ether oxygens (including phenoxy) is 1. The first-order valence-corrected chi connectivity index (χ1v) is 6.56. The Bertz CT molecular complexity index is 532. The largest absolute Gasteiger partial charge is 0.478 e. The van der Waals surface area contributed by atoms with Gasteiger partial charge in [0.05, 0.1) is 23.7 Å². The Morgan fingerprint density at radius 3 is 2.55 bits per heavy atom. The van der Waals surface area contributed by atoms with Gasteiger partial charge in [-0.1, -0.05) is 6.92 Å². The Labute approximate surface area is 117 Å². The second kappa shape index (κ2) is 5.58. The molecule has 108 valence electrons. The topological polar surface area (TPSA) is 88.5 Å². The van der Waals surface area contributed by atoms with Gasteiger partial charge in [0.2, 0.25) is 5.91 Å². The highest BCUT2D eigenvalue weighted by atomic mass is 16.5. The predicted octanol–water partition coefficient (Wildman–Crippen LogP) is 1.78. The van der Waals surface area contributed by atoms with Crippen molar-refractivity contribution >= 4 is 17.7 Å². The first-order valence-electron chi connectivity index (χ1n) is 6.56. The number of carboxylic acid groups (broad SMARTS) is 1. The molecule has 6 nitrogen and oxygen atoms in total. The molecule has 4 unspecified atom stereocenters. The van der Waals surface area contributed by atoms with Gasteiger partial charge in [0.25, 0.3) is 0 Å². The number of rotatable bonds is 3. The Balaban J connectivity index is 2.12. The van der Waals surface area contributed by atoms with Crippen LogP contribution in [-0.4, -0.2) is 34.2 Å². The summed E-state index contributed by atoms with van der Waals surface area (Å²) in [5.74, 6) is -1.16. The van der Waals surface area contributed by atoms with E-state index in [1.54, 1.807) is 0 Å². The smallest absolute Gasteiger partial charge is 0.335 e. The van der Waals surface area contributed by atoms with Crippen LogP contribution in [0, 0.1) is 11.8 Å². The average molecular weight is 278 g/mol. The van der Waals surface area contributed by atoms with Crippen LogP contribution in [0.2, 0.25) is 0 Å². The molecule has 1 saturated heterocycles. The lowest BCUT2D eigenvalue weighted by atomic mass is 9.89. The van der Waals surface area contributed by atoms with Crippen molar-refractivity contribution in [3.8, 4) is 0 Å². The zero-order valence-corrected chi connectivity index (χ0v) is 11.7. The molecule has 0 aromatic carbocycles. The zero-order chi connectivity index (χ0) is 14.9. The van der Waals surface area contributed by atoms with Crippen LogP contribution < -0.4 is 5.32 Å². The molecule has 2 N–H and O–H groups in total. The number of hydrogen-bond acceptors (Lipinski definition) is 4. The van der Waals surface area contributed by atoms with Crippen molar-refractivity contribution in [3.05, 3.63) is 23.9 Å². The van der Waals surface area contributed by atoms with E-state index in [2.05, 4.69) is 10.3 Å². The van der Waals surface area contributed by atoms with Crippen LogP contribution in [0.4, 0.5) is 5.82 Å². The standard InChI is InChI=1S/C14H18N2O4/c1-7-8(2)20-9(3)12(7)13(17)16-11-6-10(14(18)19)4-5-15-11/h4-9,12H,1-3H3,(H,18,19)(H,15,16,17). The second-order valence-corrected chi connectivity index (χ2v) is 5.16. The minimum atomic E-state index is -1.05. The monoisotopic (exact) mass is 278 g/mol. The molecule has 2 rings (SSSR count). The van der Waals surface area contributed by atoms with Crippen LogP contribution in [0.5, 0.6) is 0 Å². The first kappa shape index (κ1) is 14.5. The maximum absolute atomic E-state index is 12.3. The number of aromatic carboxylic acids is 1. The fourth-order valence-electron chi connectivity index (χ4n) is 2.56. The summed E-state index contributed by atoms with van der Waals surface area (Å²) < 4.78 is 5.63. The van der Waals surface area contributed by atoms with Gasteiger partial charge in [-0.2, -0.15) is 0 Å². The second-order valence-electron chi connectivity index (χ2n) is 5.16. The van der Waals surface area contributed by atoms with E-state index in [0.717, 1.165) is 0 Å². The van der Waals surface area contributed by atoms with Crippen molar-refractivity contribution in [1.29, 1.82) is 0 Å². The van der Waals surface area contributed by atoms with Gasteiger partial charge in [0.15, 0.2) is 0 Å². The summed E-state index contributed by atoms with van der Waals surface area (Å²) in [5.41, 5.74) is 0.0902. The number of carbonyl (C=O) groups is 2. The van der Waals surface area contributed by atoms with Crippen LogP contribution >= 0.6 is 0 Å². The molecule has 2 heterocycles. The summed E-state index contributed by atoms with van der Waals surface area (Å²) in [5, 5.41) is 11.6. The Morgan fingerprint density at radius 1 is 1.30 bits per heavy atom. The molecular weight excluding hydrogens is 260 g/mol. The number of anilines is 1. The minimum Gasteiger partial charge on any atom is -0.478 e. The lowest BCUT2D eigenvalue weighted by molar-refractivity contribution is -0.122. The lowest BCUT2D eigenvalue weighted by Crippen LogP contribution is -2.32. The van der Waals surface area contributed by atoms with Crippen LogP contribution in [0.15, 0.2) is 18.3 Å². The van der Waals surface area contributed by atoms with Crippen LogP contribution in [-0.2, 0) is 9.53 Å². The normalized spacial score (nSPS) is 29.1. The molecule has 1 fully saturated rings. The van der Waals surface area contributed by atoms with E-state index >= 15 is 0 Å². The summed E-state index contributed by atoms with van der Waals surface area (Å²) in [6.07, 6.45) is 1.22. The van der Waals surface area contributed by atoms with Crippen molar-refractivity contribution in [1.82, 2.24) is 4.98 Å². The Morgan fingerprint density at radius 2 is 2.00 bits per heavy atom. The summed E-state index contributed by atoms with van der Waals surface area (Å²) in [6.45, 7) is 5.78. The number of carboxylic acids is 1. The first-order chi connectivity index (χ1) is 9.40. The third-order valence-electron chi connectivity index (χ3n) is 3.80. The summed E-state index contributed by atoms with van der Waals surface area (Å²) in [7, 11) is 0. The van der Waals surface area contributed by atoms with Crippen molar-refractivity contribution < 1.29 is 19.4 Å². The highest BCUT2D eigenvalue weighted by molar-refractivity contribution is 5.94. The zero-order valence-electron chi connectivity index (χ0n) is 11.7. The van der Waals surface area contributed by atoms with Gasteiger partial charge in [-0.3, -0.25) is 4.79 Å². The number of amides is 1. The SMILES string of the molecule is CC1OC(C)C(C(=O)Nc2cc(C(=O)O)ccn2)C1C. The third-order valence-corrected chi connectivity index (χ3v) is 3.80. The third kappa shape index (κ3) is 2.80. The molecule has 0 aliphatic carbocycles. The van der Waals surface area contributed by atoms with Crippen molar-refractivity contribution in [2.45, 2.75) is 33.0 Å². The quantitative estimate of drug-likeness (QED) is 0.879. The molecule has 0 radical (unpaired) electrons. The van der Waals surface area contributed by atoms with Gasteiger partial charge in [-0.15, -0.1) is 0 Å². The molecule has 1 aromatic rings. The van der Waals surface area contributed by atoms with Gasteiger partial charge in [0.1, 0.15) is 5.82 Å². The minimum absolute atomic E-state index is 0.0269. The molecular formula is C14H18N2O4. The molecule has 6 heteroatoms. The van der Waals surface area contributed by atoms with E-state index in [1.807, 2.05) is 20.8 Å². The highest BCUT2D eigenvalue weighted by Gasteiger charge is 2.41. The van der Waals surface area contributed by atoms with E-state index in [0.29, 0.717) is 0 Å². The number of aromatic nitrogens is 1. The van der Waals surface area contributed by atoms with Gasteiger partial charge in [-0.25, -0.2) is 9.78 Å². The number of nitrogens with one attached hydrogen (secondary N) is 1. The maximum Gasteiger partial charge on any atom is 0.335 e. The number of carbonyl (C=O) groups excluding carboxylic acids is 1. The lowest BCUT2D eigenvalue weighted by Gasteiger charge is -2.17. The highest BCUT2D eigenvalue weighted by Crippen LogP contribution is 2.32.